The molecule has 0 radical (unpaired) electrons. The minimum Gasteiger partial charge on any atom is -0.480 e. The highest BCUT2D eigenvalue weighted by molar-refractivity contribution is 6.07. The van der Waals surface area contributed by atoms with Crippen molar-refractivity contribution in [2.75, 3.05) is 13.2 Å². The molecular formula is C16H20N4O4. The monoisotopic (exact) mass is 332 g/mol. The molecule has 24 heavy (non-hydrogen) atoms. The molecule has 0 aliphatic carbocycles. The van der Waals surface area contributed by atoms with Gasteiger partial charge in [-0.25, -0.2) is 9.78 Å². The Kier molecular flexibility index (Phi) is 5.30. The largest absolute Gasteiger partial charge is 0.480 e. The van der Waals surface area contributed by atoms with Gasteiger partial charge in [0.2, 0.25) is 0 Å². The Morgan fingerprint density at radius 1 is 1.50 bits per heavy atom. The number of hydrogen-bond acceptors (Lipinski definition) is 5. The summed E-state index contributed by atoms with van der Waals surface area (Å²) in [6.45, 7) is 7.09. The van der Waals surface area contributed by atoms with E-state index in [-0.39, 0.29) is 13.2 Å². The Hall–Kier alpha value is -2.74. The normalized spacial score (nSPS) is 12.1. The lowest BCUT2D eigenvalue weighted by Crippen LogP contribution is -2.44. The predicted octanol–water partition coefficient (Wildman–Crippen LogP) is 0.971. The highest BCUT2D eigenvalue weighted by atomic mass is 16.5. The molecule has 1 amide bonds. The predicted molar refractivity (Wildman–Crippen MR) is 87.9 cm³/mol. The number of aromatic nitrogens is 3. The van der Waals surface area contributed by atoms with Crippen LogP contribution in [0.1, 0.15) is 21.7 Å². The number of carboxylic acid groups (broad SMARTS) is 1. The number of nitrogens with zero attached hydrogens (tertiary/aromatic N) is 3. The number of carboxylic acids is 1. The molecule has 2 heterocycles. The smallest absolute Gasteiger partial charge is 0.328 e. The number of carbonyl (C=O) groups excluding carboxylic acids is 1. The van der Waals surface area contributed by atoms with Crippen LogP contribution in [0.4, 0.5) is 0 Å². The van der Waals surface area contributed by atoms with E-state index >= 15 is 0 Å². The number of carbonyl (C=O) groups is 2. The maximum Gasteiger partial charge on any atom is 0.328 e. The first-order valence-electron chi connectivity index (χ1n) is 7.38. The highest BCUT2D eigenvalue weighted by Gasteiger charge is 2.24. The maximum absolute atomic E-state index is 12.6. The molecule has 8 nitrogen and oxygen atoms in total. The molecule has 0 spiro atoms. The van der Waals surface area contributed by atoms with Gasteiger partial charge >= 0.3 is 5.97 Å². The molecule has 2 aromatic rings. The van der Waals surface area contributed by atoms with E-state index in [0.29, 0.717) is 28.0 Å². The lowest BCUT2D eigenvalue weighted by atomic mass is 10.1. The number of ether oxygens (including phenoxy) is 1. The average molecular weight is 332 g/mol. The van der Waals surface area contributed by atoms with Crippen LogP contribution in [0.25, 0.3) is 11.0 Å². The van der Waals surface area contributed by atoms with E-state index in [2.05, 4.69) is 22.0 Å². The Labute approximate surface area is 139 Å². The number of aryl methyl sites for hydroxylation is 3. The molecule has 2 rings (SSSR count). The molecule has 2 aromatic heterocycles. The number of rotatable bonds is 7. The summed E-state index contributed by atoms with van der Waals surface area (Å²) >= 11 is 0. The van der Waals surface area contributed by atoms with Crippen LogP contribution in [-0.4, -0.2) is 51.0 Å². The van der Waals surface area contributed by atoms with E-state index in [1.807, 2.05) is 0 Å². The van der Waals surface area contributed by atoms with Crippen molar-refractivity contribution in [1.29, 1.82) is 0 Å². The lowest BCUT2D eigenvalue weighted by molar-refractivity contribution is -0.140. The summed E-state index contributed by atoms with van der Waals surface area (Å²) in [4.78, 5) is 28.3. The lowest BCUT2D eigenvalue weighted by Gasteiger charge is -2.15. The SMILES string of the molecule is C=CCOCC(NC(=O)c1cc(C)nc2c1c(C)nn2C)C(=O)O. The third-order valence-corrected chi connectivity index (χ3v) is 3.47. The molecule has 0 aromatic carbocycles. The van der Waals surface area contributed by atoms with Gasteiger partial charge in [0.25, 0.3) is 5.91 Å². The standard InChI is InChI=1S/C16H20N4O4/c1-5-6-24-8-12(16(22)23)18-15(21)11-7-9(2)17-14-13(11)10(3)19-20(14)4/h5,7,12H,1,6,8H2,2-4H3,(H,18,21)(H,22,23). The van der Waals surface area contributed by atoms with Crippen molar-refractivity contribution in [3.05, 3.63) is 35.7 Å². The van der Waals surface area contributed by atoms with Crippen molar-refractivity contribution in [2.24, 2.45) is 7.05 Å². The van der Waals surface area contributed by atoms with Crippen molar-refractivity contribution < 1.29 is 19.4 Å². The molecule has 8 heteroatoms. The van der Waals surface area contributed by atoms with Crippen molar-refractivity contribution in [2.45, 2.75) is 19.9 Å². The quantitative estimate of drug-likeness (QED) is 0.578. The minimum atomic E-state index is -1.17. The van der Waals surface area contributed by atoms with E-state index in [0.717, 1.165) is 0 Å². The second kappa shape index (κ2) is 7.22. The zero-order chi connectivity index (χ0) is 17.9. The number of pyridine rings is 1. The highest BCUT2D eigenvalue weighted by Crippen LogP contribution is 2.21. The average Bonchev–Trinajstić information content (AvgIpc) is 2.79. The van der Waals surface area contributed by atoms with Crippen molar-refractivity contribution in [1.82, 2.24) is 20.1 Å². The summed E-state index contributed by atoms with van der Waals surface area (Å²) in [5.74, 6) is -1.67. The summed E-state index contributed by atoms with van der Waals surface area (Å²) in [7, 11) is 1.74. The van der Waals surface area contributed by atoms with Gasteiger partial charge in [-0.15, -0.1) is 6.58 Å². The molecule has 0 aliphatic rings. The summed E-state index contributed by atoms with van der Waals surface area (Å²) in [6, 6.07) is 0.466. The fraction of sp³-hybridized carbons (Fsp3) is 0.375. The Morgan fingerprint density at radius 3 is 2.83 bits per heavy atom. The second-order valence-electron chi connectivity index (χ2n) is 5.41. The van der Waals surface area contributed by atoms with Gasteiger partial charge in [0.05, 0.1) is 29.9 Å². The van der Waals surface area contributed by atoms with E-state index in [9.17, 15) is 14.7 Å². The number of hydrogen-bond donors (Lipinski definition) is 2. The molecule has 0 bridgehead atoms. The first-order chi connectivity index (χ1) is 11.3. The van der Waals surface area contributed by atoms with Gasteiger partial charge in [0.1, 0.15) is 0 Å². The third kappa shape index (κ3) is 3.60. The first-order valence-corrected chi connectivity index (χ1v) is 7.38. The van der Waals surface area contributed by atoms with E-state index in [1.165, 1.54) is 6.08 Å². The van der Waals surface area contributed by atoms with Gasteiger partial charge in [-0.3, -0.25) is 9.48 Å². The number of nitrogens with one attached hydrogen (secondary N) is 1. The number of fused-ring (bicyclic) bond motifs is 1. The Morgan fingerprint density at radius 2 is 2.21 bits per heavy atom. The van der Waals surface area contributed by atoms with Gasteiger partial charge in [-0.05, 0) is 19.9 Å². The van der Waals surface area contributed by atoms with Crippen LogP contribution in [0.5, 0.6) is 0 Å². The molecule has 1 unspecified atom stereocenters. The van der Waals surface area contributed by atoms with Gasteiger partial charge in [-0.2, -0.15) is 5.10 Å². The van der Waals surface area contributed by atoms with E-state index < -0.39 is 17.9 Å². The van der Waals surface area contributed by atoms with Gasteiger partial charge in [0, 0.05) is 12.7 Å². The minimum absolute atomic E-state index is 0.147. The van der Waals surface area contributed by atoms with Crippen molar-refractivity contribution >= 4 is 22.9 Å². The Bertz CT molecular complexity index is 797. The maximum atomic E-state index is 12.6. The van der Waals surface area contributed by atoms with Crippen LogP contribution in [0.15, 0.2) is 18.7 Å². The summed E-state index contributed by atoms with van der Waals surface area (Å²) in [6.07, 6.45) is 1.51. The molecule has 1 atom stereocenters. The fourth-order valence-electron chi connectivity index (χ4n) is 2.43. The van der Waals surface area contributed by atoms with Crippen molar-refractivity contribution in [3.8, 4) is 0 Å². The topological polar surface area (TPSA) is 106 Å². The zero-order valence-electron chi connectivity index (χ0n) is 13.9. The summed E-state index contributed by atoms with van der Waals surface area (Å²) < 4.78 is 6.73. The van der Waals surface area contributed by atoms with Crippen LogP contribution in [0, 0.1) is 13.8 Å². The molecule has 128 valence electrons. The van der Waals surface area contributed by atoms with Crippen LogP contribution < -0.4 is 5.32 Å². The van der Waals surface area contributed by atoms with Crippen LogP contribution in [0.2, 0.25) is 0 Å². The van der Waals surface area contributed by atoms with Crippen molar-refractivity contribution in [3.63, 3.8) is 0 Å². The fourth-order valence-corrected chi connectivity index (χ4v) is 2.43. The molecule has 2 N–H and O–H groups in total. The number of amides is 1. The molecule has 0 aliphatic heterocycles. The van der Waals surface area contributed by atoms with E-state index in [4.69, 9.17) is 4.74 Å². The first kappa shape index (κ1) is 17.6. The van der Waals surface area contributed by atoms with E-state index in [1.54, 1.807) is 31.6 Å². The second-order valence-corrected chi connectivity index (χ2v) is 5.41. The third-order valence-electron chi connectivity index (χ3n) is 3.47. The molecule has 0 fully saturated rings. The molecule has 0 saturated heterocycles. The van der Waals surface area contributed by atoms with Crippen LogP contribution in [0.3, 0.4) is 0 Å². The Balaban J connectivity index is 2.33. The van der Waals surface area contributed by atoms with Crippen LogP contribution >= 0.6 is 0 Å². The number of aliphatic carboxylic acids is 1. The van der Waals surface area contributed by atoms with Crippen LogP contribution in [-0.2, 0) is 16.6 Å². The summed E-state index contributed by atoms with van der Waals surface area (Å²) in [5, 5.41) is 16.6. The molecule has 0 saturated carbocycles. The van der Waals surface area contributed by atoms with Gasteiger partial charge < -0.3 is 15.2 Å². The zero-order valence-corrected chi connectivity index (χ0v) is 13.9. The molecular weight excluding hydrogens is 312 g/mol. The summed E-state index contributed by atoms with van der Waals surface area (Å²) in [5.41, 5.74) is 2.22. The van der Waals surface area contributed by atoms with Gasteiger partial charge in [0.15, 0.2) is 11.7 Å². The van der Waals surface area contributed by atoms with Gasteiger partial charge in [-0.1, -0.05) is 6.08 Å².